The van der Waals surface area contributed by atoms with Crippen molar-refractivity contribution >= 4 is 0 Å². The number of halogens is 2. The number of alkyl halides is 2. The second kappa shape index (κ2) is 3.29. The normalized spacial score (nSPS) is 13.3. The maximum Gasteiger partial charge on any atom is 0.306 e. The van der Waals surface area contributed by atoms with Crippen molar-refractivity contribution in [2.45, 2.75) is 45.6 Å². The molecule has 0 saturated heterocycles. The van der Waals surface area contributed by atoms with E-state index >= 15 is 0 Å². The van der Waals surface area contributed by atoms with Crippen LogP contribution in [0, 0.1) is 0 Å². The van der Waals surface area contributed by atoms with Crippen LogP contribution >= 0.6 is 0 Å². The third kappa shape index (κ3) is 1.91. The van der Waals surface area contributed by atoms with Crippen molar-refractivity contribution in [1.29, 1.82) is 0 Å². The Labute approximate surface area is 82.1 Å². The summed E-state index contributed by atoms with van der Waals surface area (Å²) in [6.45, 7) is 6.95. The van der Waals surface area contributed by atoms with Gasteiger partial charge in [0.1, 0.15) is 6.33 Å². The molecule has 0 radical (unpaired) electrons. The molecule has 0 saturated carbocycles. The van der Waals surface area contributed by atoms with Crippen LogP contribution < -0.4 is 0 Å². The van der Waals surface area contributed by atoms with E-state index in [2.05, 4.69) is 10.2 Å². The predicted molar refractivity (Wildman–Crippen MR) is 49.2 cm³/mol. The molecule has 0 aliphatic carbocycles. The van der Waals surface area contributed by atoms with Crippen LogP contribution in [0.15, 0.2) is 6.33 Å². The van der Waals surface area contributed by atoms with Crippen LogP contribution in [0.1, 0.15) is 39.9 Å². The van der Waals surface area contributed by atoms with Crippen LogP contribution in [-0.4, -0.2) is 14.8 Å². The summed E-state index contributed by atoms with van der Waals surface area (Å²) in [6, 6.07) is 0. The topological polar surface area (TPSA) is 30.7 Å². The molecule has 0 fully saturated rings. The first-order valence-corrected chi connectivity index (χ1v) is 4.58. The summed E-state index contributed by atoms with van der Waals surface area (Å²) < 4.78 is 28.2. The molecule has 0 atom stereocenters. The monoisotopic (exact) mass is 203 g/mol. The van der Waals surface area contributed by atoms with Gasteiger partial charge in [0.25, 0.3) is 0 Å². The Morgan fingerprint density at radius 2 is 1.93 bits per heavy atom. The lowest BCUT2D eigenvalue weighted by atomic mass is 10.1. The number of aromatic nitrogens is 3. The highest BCUT2D eigenvalue weighted by Crippen LogP contribution is 2.32. The Morgan fingerprint density at radius 1 is 1.36 bits per heavy atom. The lowest BCUT2D eigenvalue weighted by Crippen LogP contribution is -2.29. The highest BCUT2D eigenvalue weighted by molar-refractivity contribution is 4.99. The largest absolute Gasteiger partial charge is 0.307 e. The fourth-order valence-electron chi connectivity index (χ4n) is 1.13. The van der Waals surface area contributed by atoms with E-state index in [9.17, 15) is 8.78 Å². The van der Waals surface area contributed by atoms with Gasteiger partial charge < -0.3 is 4.57 Å². The molecule has 1 aromatic heterocycles. The molecule has 0 unspecified atom stereocenters. The molecule has 1 rings (SSSR count). The SMILES string of the molecule is CCC(F)(F)c1nncn1C(C)(C)C. The average Bonchev–Trinajstić information content (AvgIpc) is 2.51. The summed E-state index contributed by atoms with van der Waals surface area (Å²) in [4.78, 5) is 0. The van der Waals surface area contributed by atoms with E-state index in [1.54, 1.807) is 0 Å². The zero-order chi connectivity index (χ0) is 11.0. The predicted octanol–water partition coefficient (Wildman–Crippen LogP) is 2.53. The lowest BCUT2D eigenvalue weighted by molar-refractivity contribution is -0.0243. The summed E-state index contributed by atoms with van der Waals surface area (Å²) in [5, 5.41) is 7.02. The minimum absolute atomic E-state index is 0.257. The van der Waals surface area contributed by atoms with Gasteiger partial charge in [0, 0.05) is 12.0 Å². The maximum atomic E-state index is 13.4. The molecule has 14 heavy (non-hydrogen) atoms. The minimum atomic E-state index is -2.90. The Morgan fingerprint density at radius 3 is 2.36 bits per heavy atom. The Kier molecular flexibility index (Phi) is 2.61. The van der Waals surface area contributed by atoms with Crippen molar-refractivity contribution in [3.63, 3.8) is 0 Å². The molecule has 3 nitrogen and oxygen atoms in total. The van der Waals surface area contributed by atoms with Gasteiger partial charge in [-0.25, -0.2) is 0 Å². The number of hydrogen-bond acceptors (Lipinski definition) is 2. The van der Waals surface area contributed by atoms with E-state index in [-0.39, 0.29) is 12.2 Å². The molecule has 0 bridgehead atoms. The molecule has 0 aromatic carbocycles. The first-order chi connectivity index (χ1) is 6.29. The molecular weight excluding hydrogens is 188 g/mol. The summed E-state index contributed by atoms with van der Waals surface area (Å²) in [5.74, 6) is -3.16. The molecule has 5 heteroatoms. The number of rotatable bonds is 2. The summed E-state index contributed by atoms with van der Waals surface area (Å²) >= 11 is 0. The molecular formula is C9H15F2N3. The first kappa shape index (κ1) is 11.1. The van der Waals surface area contributed by atoms with Gasteiger partial charge in [0.05, 0.1) is 0 Å². The van der Waals surface area contributed by atoms with E-state index < -0.39 is 11.5 Å². The molecule has 1 heterocycles. The Hall–Kier alpha value is -1.00. The van der Waals surface area contributed by atoms with Crippen LogP contribution in [0.25, 0.3) is 0 Å². The van der Waals surface area contributed by atoms with E-state index in [1.165, 1.54) is 17.8 Å². The molecule has 0 amide bonds. The van der Waals surface area contributed by atoms with Gasteiger partial charge >= 0.3 is 5.92 Å². The first-order valence-electron chi connectivity index (χ1n) is 4.58. The van der Waals surface area contributed by atoms with Gasteiger partial charge in [0.15, 0.2) is 0 Å². The van der Waals surface area contributed by atoms with Crippen LogP contribution in [0.3, 0.4) is 0 Å². The molecule has 0 aliphatic heterocycles. The van der Waals surface area contributed by atoms with Crippen molar-refractivity contribution in [3.8, 4) is 0 Å². The second-order valence-corrected chi connectivity index (χ2v) is 4.25. The van der Waals surface area contributed by atoms with Crippen molar-refractivity contribution in [2.24, 2.45) is 0 Å². The zero-order valence-corrected chi connectivity index (χ0v) is 8.88. The molecule has 1 aromatic rings. The van der Waals surface area contributed by atoms with Gasteiger partial charge in [-0.15, -0.1) is 10.2 Å². The molecule has 0 spiro atoms. The van der Waals surface area contributed by atoms with Crippen LogP contribution in [0.5, 0.6) is 0 Å². The third-order valence-corrected chi connectivity index (χ3v) is 2.04. The highest BCUT2D eigenvalue weighted by atomic mass is 19.3. The van der Waals surface area contributed by atoms with Crippen LogP contribution in [0.2, 0.25) is 0 Å². The number of nitrogens with zero attached hydrogens (tertiary/aromatic N) is 3. The minimum Gasteiger partial charge on any atom is -0.307 e. The molecule has 80 valence electrons. The highest BCUT2D eigenvalue weighted by Gasteiger charge is 2.37. The Balaban J connectivity index is 3.18. The summed E-state index contributed by atoms with van der Waals surface area (Å²) in [7, 11) is 0. The van der Waals surface area contributed by atoms with Crippen molar-refractivity contribution < 1.29 is 8.78 Å². The zero-order valence-electron chi connectivity index (χ0n) is 8.88. The smallest absolute Gasteiger partial charge is 0.306 e. The van der Waals surface area contributed by atoms with E-state index in [0.717, 1.165) is 0 Å². The van der Waals surface area contributed by atoms with Crippen molar-refractivity contribution in [1.82, 2.24) is 14.8 Å². The van der Waals surface area contributed by atoms with Gasteiger partial charge in [-0.05, 0) is 20.8 Å². The van der Waals surface area contributed by atoms with Crippen LogP contribution in [-0.2, 0) is 11.5 Å². The van der Waals surface area contributed by atoms with E-state index in [1.807, 2.05) is 20.8 Å². The van der Waals surface area contributed by atoms with E-state index in [4.69, 9.17) is 0 Å². The molecule has 0 aliphatic rings. The quantitative estimate of drug-likeness (QED) is 0.739. The second-order valence-electron chi connectivity index (χ2n) is 4.25. The number of hydrogen-bond donors (Lipinski definition) is 0. The standard InChI is InChI=1S/C9H15F2N3/c1-5-9(10,11)7-13-12-6-14(7)8(2,3)4/h6H,5H2,1-4H3. The lowest BCUT2D eigenvalue weighted by Gasteiger charge is -2.25. The fraction of sp³-hybridized carbons (Fsp3) is 0.778. The van der Waals surface area contributed by atoms with Gasteiger partial charge in [-0.2, -0.15) is 8.78 Å². The van der Waals surface area contributed by atoms with Crippen molar-refractivity contribution in [3.05, 3.63) is 12.2 Å². The maximum absolute atomic E-state index is 13.4. The van der Waals surface area contributed by atoms with E-state index in [0.29, 0.717) is 0 Å². The van der Waals surface area contributed by atoms with Crippen LogP contribution in [0.4, 0.5) is 8.78 Å². The van der Waals surface area contributed by atoms with Crippen molar-refractivity contribution in [2.75, 3.05) is 0 Å². The summed E-state index contributed by atoms with van der Waals surface area (Å²) in [5.41, 5.74) is -0.419. The average molecular weight is 203 g/mol. The molecule has 0 N–H and O–H groups in total. The van der Waals surface area contributed by atoms with Gasteiger partial charge in [-0.1, -0.05) is 6.92 Å². The fourth-order valence-corrected chi connectivity index (χ4v) is 1.13. The van der Waals surface area contributed by atoms with Gasteiger partial charge in [-0.3, -0.25) is 0 Å². The Bertz CT molecular complexity index is 312. The van der Waals surface area contributed by atoms with Gasteiger partial charge in [0.2, 0.25) is 5.82 Å². The third-order valence-electron chi connectivity index (χ3n) is 2.04. The summed E-state index contributed by atoms with van der Waals surface area (Å²) in [6.07, 6.45) is 1.08.